The van der Waals surface area contributed by atoms with Crippen LogP contribution in [0.5, 0.6) is 0 Å². The standard InChI is InChI=1S/C33H48N4O6S/c1-21(23-14-16-24(17-15-23)29-22(2)34-20-44-29)35-31(41)26-18-25(38)19-37(26)32(42)30(33(3,4)5)36-27(39)12-10-8-7-9-11-13-28(40)43-6/h14-17,20-21,25-26,30,38H,7-13,18-19H2,1-6H3,(H,35,41)(H,36,39)/t21-,25+,26-,30+/m0/s1. The number of hydrogen-bond donors (Lipinski definition) is 3. The number of ether oxygens (including phenoxy) is 1. The summed E-state index contributed by atoms with van der Waals surface area (Å²) >= 11 is 1.58. The van der Waals surface area contributed by atoms with Crippen molar-refractivity contribution in [2.24, 2.45) is 5.41 Å². The highest BCUT2D eigenvalue weighted by molar-refractivity contribution is 7.13. The van der Waals surface area contributed by atoms with Crippen LogP contribution in [0.2, 0.25) is 0 Å². The van der Waals surface area contributed by atoms with Gasteiger partial charge >= 0.3 is 5.97 Å². The summed E-state index contributed by atoms with van der Waals surface area (Å²) in [6, 6.07) is 5.96. The van der Waals surface area contributed by atoms with Crippen LogP contribution in [0, 0.1) is 12.3 Å². The topological polar surface area (TPSA) is 138 Å². The molecule has 0 bridgehead atoms. The molecule has 2 aromatic rings. The molecular formula is C33H48N4O6S. The number of carbonyl (C=O) groups is 4. The molecule has 1 aromatic carbocycles. The Kier molecular flexibility index (Phi) is 12.9. The van der Waals surface area contributed by atoms with E-state index in [-0.39, 0.29) is 49.1 Å². The third-order valence-corrected chi connectivity index (χ3v) is 9.05. The van der Waals surface area contributed by atoms with Crippen molar-refractivity contribution in [1.29, 1.82) is 0 Å². The SMILES string of the molecule is COC(=O)CCCCCCCC(=O)N[C@H](C(=O)N1C[C@H](O)C[C@H]1C(=O)N[C@@H](C)c1ccc(-c2scnc2C)cc1)C(C)(C)C. The molecule has 0 unspecified atom stereocenters. The van der Waals surface area contributed by atoms with Crippen molar-refractivity contribution >= 4 is 35.0 Å². The molecule has 3 amide bonds. The Morgan fingerprint density at radius 3 is 2.27 bits per heavy atom. The first kappa shape index (κ1) is 35.2. The summed E-state index contributed by atoms with van der Waals surface area (Å²) in [5.74, 6) is -1.15. The lowest BCUT2D eigenvalue weighted by molar-refractivity contribution is -0.144. The molecule has 0 spiro atoms. The lowest BCUT2D eigenvalue weighted by atomic mass is 9.85. The molecule has 3 rings (SSSR count). The molecule has 1 aliphatic rings. The van der Waals surface area contributed by atoms with Crippen molar-refractivity contribution in [3.8, 4) is 10.4 Å². The second kappa shape index (κ2) is 16.1. The predicted molar refractivity (Wildman–Crippen MR) is 171 cm³/mol. The number of aliphatic hydroxyl groups excluding tert-OH is 1. The van der Waals surface area contributed by atoms with E-state index in [1.807, 2.05) is 64.4 Å². The van der Waals surface area contributed by atoms with Crippen molar-refractivity contribution in [2.45, 2.75) is 110 Å². The molecule has 0 aliphatic carbocycles. The monoisotopic (exact) mass is 628 g/mol. The molecule has 4 atom stereocenters. The molecule has 44 heavy (non-hydrogen) atoms. The molecule has 0 radical (unpaired) electrons. The highest BCUT2D eigenvalue weighted by Gasteiger charge is 2.44. The van der Waals surface area contributed by atoms with Gasteiger partial charge in [-0.15, -0.1) is 11.3 Å². The average molecular weight is 629 g/mol. The second-order valence-electron chi connectivity index (χ2n) is 12.7. The van der Waals surface area contributed by atoms with Gasteiger partial charge in [0, 0.05) is 25.8 Å². The van der Waals surface area contributed by atoms with Crippen LogP contribution >= 0.6 is 11.3 Å². The number of amides is 3. The molecule has 1 aromatic heterocycles. The molecule has 242 valence electrons. The Balaban J connectivity index is 1.57. The molecule has 11 heteroatoms. The minimum Gasteiger partial charge on any atom is -0.469 e. The van der Waals surface area contributed by atoms with Crippen molar-refractivity contribution in [1.82, 2.24) is 20.5 Å². The fraction of sp³-hybridized carbons (Fsp3) is 0.606. The third kappa shape index (κ3) is 9.85. The Hall–Kier alpha value is -3.31. The second-order valence-corrected chi connectivity index (χ2v) is 13.6. The van der Waals surface area contributed by atoms with Crippen LogP contribution in [0.15, 0.2) is 29.8 Å². The van der Waals surface area contributed by atoms with Gasteiger partial charge in [0.05, 0.1) is 35.3 Å². The maximum Gasteiger partial charge on any atom is 0.305 e. The molecule has 1 fully saturated rings. The lowest BCUT2D eigenvalue weighted by Crippen LogP contribution is -2.57. The number of aliphatic hydroxyl groups is 1. The first-order valence-corrected chi connectivity index (χ1v) is 16.3. The summed E-state index contributed by atoms with van der Waals surface area (Å²) in [5, 5.41) is 16.4. The van der Waals surface area contributed by atoms with Gasteiger partial charge in [-0.2, -0.15) is 0 Å². The van der Waals surface area contributed by atoms with E-state index in [0.717, 1.165) is 47.4 Å². The molecule has 1 aliphatic heterocycles. The number of methoxy groups -OCH3 is 1. The van der Waals surface area contributed by atoms with E-state index in [0.29, 0.717) is 12.8 Å². The van der Waals surface area contributed by atoms with Gasteiger partial charge in [-0.25, -0.2) is 4.98 Å². The van der Waals surface area contributed by atoms with Gasteiger partial charge in [0.2, 0.25) is 17.7 Å². The van der Waals surface area contributed by atoms with Gasteiger partial charge in [-0.3, -0.25) is 19.2 Å². The Morgan fingerprint density at radius 1 is 1.05 bits per heavy atom. The number of esters is 1. The zero-order chi connectivity index (χ0) is 32.4. The Morgan fingerprint density at radius 2 is 1.68 bits per heavy atom. The number of rotatable bonds is 14. The number of hydrogen-bond acceptors (Lipinski definition) is 8. The van der Waals surface area contributed by atoms with E-state index >= 15 is 0 Å². The number of aryl methyl sites for hydroxylation is 1. The zero-order valence-electron chi connectivity index (χ0n) is 26.9. The molecular weight excluding hydrogens is 580 g/mol. The van der Waals surface area contributed by atoms with E-state index in [4.69, 9.17) is 0 Å². The van der Waals surface area contributed by atoms with Crippen LogP contribution in [0.3, 0.4) is 0 Å². The van der Waals surface area contributed by atoms with Crippen molar-refractivity contribution in [3.63, 3.8) is 0 Å². The number of unbranched alkanes of at least 4 members (excludes halogenated alkanes) is 4. The van der Waals surface area contributed by atoms with Crippen LogP contribution in [0.25, 0.3) is 10.4 Å². The van der Waals surface area contributed by atoms with Gasteiger partial charge in [0.25, 0.3) is 0 Å². The summed E-state index contributed by atoms with van der Waals surface area (Å²) in [4.78, 5) is 58.2. The van der Waals surface area contributed by atoms with Gasteiger partial charge < -0.3 is 25.4 Å². The maximum atomic E-state index is 13.8. The Bertz CT molecular complexity index is 1270. The van der Waals surface area contributed by atoms with Gasteiger partial charge in [0.15, 0.2) is 0 Å². The number of β-amino-alcohol motifs (C(OH)–C–C–N with tert-alkyl or cyclic N) is 1. The van der Waals surface area contributed by atoms with Crippen LogP contribution in [0.4, 0.5) is 0 Å². The quantitative estimate of drug-likeness (QED) is 0.204. The summed E-state index contributed by atoms with van der Waals surface area (Å²) in [5.41, 5.74) is 4.17. The third-order valence-electron chi connectivity index (χ3n) is 8.07. The summed E-state index contributed by atoms with van der Waals surface area (Å²) < 4.78 is 4.65. The number of aromatic nitrogens is 1. The molecule has 10 nitrogen and oxygen atoms in total. The number of nitrogens with zero attached hydrogens (tertiary/aromatic N) is 2. The molecule has 2 heterocycles. The summed E-state index contributed by atoms with van der Waals surface area (Å²) in [7, 11) is 1.38. The lowest BCUT2D eigenvalue weighted by Gasteiger charge is -2.35. The number of nitrogens with one attached hydrogen (secondary N) is 2. The average Bonchev–Trinajstić information content (AvgIpc) is 3.59. The first-order chi connectivity index (χ1) is 20.8. The number of thiazole rings is 1. The highest BCUT2D eigenvalue weighted by Crippen LogP contribution is 2.29. The van der Waals surface area contributed by atoms with Crippen molar-refractivity contribution < 1.29 is 29.0 Å². The fourth-order valence-corrected chi connectivity index (χ4v) is 6.25. The highest BCUT2D eigenvalue weighted by atomic mass is 32.1. The zero-order valence-corrected chi connectivity index (χ0v) is 27.7. The maximum absolute atomic E-state index is 13.8. The molecule has 3 N–H and O–H groups in total. The van der Waals surface area contributed by atoms with Crippen LogP contribution < -0.4 is 10.6 Å². The number of likely N-dealkylation sites (tertiary alicyclic amines) is 1. The number of carbonyl (C=O) groups excluding carboxylic acids is 4. The minimum atomic E-state index is -0.851. The van der Waals surface area contributed by atoms with Crippen LogP contribution in [0.1, 0.15) is 96.4 Å². The van der Waals surface area contributed by atoms with Gasteiger partial charge in [-0.1, -0.05) is 64.3 Å². The minimum absolute atomic E-state index is 0.0300. The van der Waals surface area contributed by atoms with E-state index in [2.05, 4.69) is 20.4 Å². The summed E-state index contributed by atoms with van der Waals surface area (Å²) in [6.07, 6.45) is 4.05. The predicted octanol–water partition coefficient (Wildman–Crippen LogP) is 4.69. The van der Waals surface area contributed by atoms with E-state index < -0.39 is 23.6 Å². The van der Waals surface area contributed by atoms with Crippen molar-refractivity contribution in [2.75, 3.05) is 13.7 Å². The van der Waals surface area contributed by atoms with Crippen LogP contribution in [-0.2, 0) is 23.9 Å². The first-order valence-electron chi connectivity index (χ1n) is 15.5. The Labute approximate surface area is 265 Å². The van der Waals surface area contributed by atoms with Gasteiger partial charge in [0.1, 0.15) is 12.1 Å². The van der Waals surface area contributed by atoms with Gasteiger partial charge in [-0.05, 0) is 43.2 Å². The molecule has 0 saturated carbocycles. The fourth-order valence-electron chi connectivity index (χ4n) is 5.44. The van der Waals surface area contributed by atoms with Crippen LogP contribution in [-0.4, -0.2) is 70.5 Å². The van der Waals surface area contributed by atoms with E-state index in [1.165, 1.54) is 12.0 Å². The van der Waals surface area contributed by atoms with Crippen molar-refractivity contribution in [3.05, 3.63) is 41.0 Å². The smallest absolute Gasteiger partial charge is 0.305 e. The van der Waals surface area contributed by atoms with E-state index in [9.17, 15) is 24.3 Å². The number of benzene rings is 1. The van der Waals surface area contributed by atoms with E-state index in [1.54, 1.807) is 11.3 Å². The largest absolute Gasteiger partial charge is 0.469 e. The normalized spacial score (nSPS) is 18.0. The molecule has 1 saturated heterocycles. The summed E-state index contributed by atoms with van der Waals surface area (Å²) in [6.45, 7) is 9.51.